The van der Waals surface area contributed by atoms with E-state index in [2.05, 4.69) is 11.8 Å². The first kappa shape index (κ1) is 14.5. The minimum atomic E-state index is 0.159. The number of piperidine rings is 1. The largest absolute Gasteiger partial charge is 0.303 e. The Bertz CT molecular complexity index is 458. The van der Waals surface area contributed by atoms with Gasteiger partial charge in [0.1, 0.15) is 0 Å². The first-order valence-corrected chi connectivity index (χ1v) is 7.46. The number of hydrogen-bond donors (Lipinski definition) is 0. The molecule has 3 heteroatoms. The second-order valence-corrected chi connectivity index (χ2v) is 6.11. The molecule has 1 saturated heterocycles. The Morgan fingerprint density at radius 3 is 3.00 bits per heavy atom. The van der Waals surface area contributed by atoms with E-state index in [1.807, 2.05) is 25.1 Å². The zero-order chi connectivity index (χ0) is 13.8. The molecule has 2 nitrogen and oxygen atoms in total. The summed E-state index contributed by atoms with van der Waals surface area (Å²) >= 11 is 6.10. The van der Waals surface area contributed by atoms with E-state index in [-0.39, 0.29) is 5.78 Å². The van der Waals surface area contributed by atoms with Crippen LogP contribution in [-0.4, -0.2) is 30.3 Å². The summed E-state index contributed by atoms with van der Waals surface area (Å²) in [6.45, 7) is 7.37. The first-order chi connectivity index (χ1) is 9.06. The van der Waals surface area contributed by atoms with Crippen LogP contribution in [0.15, 0.2) is 18.2 Å². The number of ketones is 1. The SMILES string of the molecule is Cc1ccc(Cl)c(C(=O)CCN2CCCC(C)C2)c1. The Kier molecular flexibility index (Phi) is 5.00. The molecule has 2 rings (SSSR count). The highest BCUT2D eigenvalue weighted by molar-refractivity contribution is 6.34. The van der Waals surface area contributed by atoms with Gasteiger partial charge in [-0.2, -0.15) is 0 Å². The number of carbonyl (C=O) groups excluding carboxylic acids is 1. The summed E-state index contributed by atoms with van der Waals surface area (Å²) in [4.78, 5) is 14.6. The number of carbonyl (C=O) groups is 1. The molecule has 0 bridgehead atoms. The number of hydrogen-bond acceptors (Lipinski definition) is 2. The average molecular weight is 280 g/mol. The summed E-state index contributed by atoms with van der Waals surface area (Å²) in [6.07, 6.45) is 3.13. The molecule has 19 heavy (non-hydrogen) atoms. The van der Waals surface area contributed by atoms with Crippen LogP contribution in [0.2, 0.25) is 5.02 Å². The standard InChI is InChI=1S/C16H22ClNO/c1-12-5-6-15(17)14(10-12)16(19)7-9-18-8-3-4-13(2)11-18/h5-6,10,13H,3-4,7-9,11H2,1-2H3. The van der Waals surface area contributed by atoms with Crippen LogP contribution in [0.3, 0.4) is 0 Å². The minimum Gasteiger partial charge on any atom is -0.303 e. The van der Waals surface area contributed by atoms with Crippen molar-refractivity contribution in [1.82, 2.24) is 4.90 Å². The number of nitrogens with zero attached hydrogens (tertiary/aromatic N) is 1. The fourth-order valence-electron chi connectivity index (χ4n) is 2.74. The topological polar surface area (TPSA) is 20.3 Å². The van der Waals surface area contributed by atoms with Gasteiger partial charge in [0.05, 0.1) is 5.02 Å². The van der Waals surface area contributed by atoms with Crippen LogP contribution in [-0.2, 0) is 0 Å². The molecule has 0 amide bonds. The van der Waals surface area contributed by atoms with Gasteiger partial charge in [0.25, 0.3) is 0 Å². The molecule has 0 aromatic heterocycles. The van der Waals surface area contributed by atoms with Crippen molar-refractivity contribution in [3.05, 3.63) is 34.3 Å². The zero-order valence-corrected chi connectivity index (χ0v) is 12.5. The molecule has 0 aliphatic carbocycles. The van der Waals surface area contributed by atoms with E-state index in [9.17, 15) is 4.79 Å². The molecule has 1 aromatic carbocycles. The quantitative estimate of drug-likeness (QED) is 0.778. The average Bonchev–Trinajstić information content (AvgIpc) is 2.39. The number of Topliss-reactive ketones (excluding diaryl/α,β-unsaturated/α-hetero) is 1. The molecule has 1 aliphatic rings. The fraction of sp³-hybridized carbons (Fsp3) is 0.562. The van der Waals surface area contributed by atoms with E-state index < -0.39 is 0 Å². The molecule has 0 radical (unpaired) electrons. The molecule has 1 aromatic rings. The molecule has 1 aliphatic heterocycles. The van der Waals surface area contributed by atoms with Crippen LogP contribution < -0.4 is 0 Å². The van der Waals surface area contributed by atoms with E-state index in [0.717, 1.165) is 31.1 Å². The molecular formula is C16H22ClNO. The van der Waals surface area contributed by atoms with E-state index >= 15 is 0 Å². The number of likely N-dealkylation sites (tertiary alicyclic amines) is 1. The molecular weight excluding hydrogens is 258 g/mol. The lowest BCUT2D eigenvalue weighted by Crippen LogP contribution is -2.35. The third kappa shape index (κ3) is 4.05. The lowest BCUT2D eigenvalue weighted by Gasteiger charge is -2.30. The molecule has 1 unspecified atom stereocenters. The predicted molar refractivity (Wildman–Crippen MR) is 80.0 cm³/mol. The molecule has 0 saturated carbocycles. The maximum Gasteiger partial charge on any atom is 0.165 e. The van der Waals surface area contributed by atoms with Gasteiger partial charge in [0, 0.05) is 25.1 Å². The van der Waals surface area contributed by atoms with Crippen molar-refractivity contribution in [2.75, 3.05) is 19.6 Å². The van der Waals surface area contributed by atoms with Crippen LogP contribution in [0.1, 0.15) is 42.1 Å². The van der Waals surface area contributed by atoms with E-state index in [1.54, 1.807) is 0 Å². The lowest BCUT2D eigenvalue weighted by molar-refractivity contribution is 0.0949. The van der Waals surface area contributed by atoms with Crippen molar-refractivity contribution < 1.29 is 4.79 Å². The highest BCUT2D eigenvalue weighted by atomic mass is 35.5. The smallest absolute Gasteiger partial charge is 0.165 e. The summed E-state index contributed by atoms with van der Waals surface area (Å²) in [5, 5.41) is 0.572. The third-order valence-corrected chi connectivity index (χ3v) is 4.15. The summed E-state index contributed by atoms with van der Waals surface area (Å²) in [7, 11) is 0. The van der Waals surface area contributed by atoms with E-state index in [1.165, 1.54) is 12.8 Å². The first-order valence-electron chi connectivity index (χ1n) is 7.08. The van der Waals surface area contributed by atoms with Crippen LogP contribution in [0, 0.1) is 12.8 Å². The predicted octanol–water partition coefficient (Wildman–Crippen LogP) is 3.95. The molecule has 1 fully saturated rings. The van der Waals surface area contributed by atoms with Gasteiger partial charge in [0.2, 0.25) is 0 Å². The van der Waals surface area contributed by atoms with Crippen LogP contribution >= 0.6 is 11.6 Å². The Morgan fingerprint density at radius 1 is 1.47 bits per heavy atom. The summed E-state index contributed by atoms with van der Waals surface area (Å²) in [6, 6.07) is 5.64. The number of benzene rings is 1. The fourth-order valence-corrected chi connectivity index (χ4v) is 2.96. The van der Waals surface area contributed by atoms with E-state index in [4.69, 9.17) is 11.6 Å². The summed E-state index contributed by atoms with van der Waals surface area (Å²) in [5.74, 6) is 0.915. The second-order valence-electron chi connectivity index (χ2n) is 5.70. The molecule has 1 heterocycles. The Labute approximate surface area is 120 Å². The minimum absolute atomic E-state index is 0.159. The zero-order valence-electron chi connectivity index (χ0n) is 11.8. The van der Waals surface area contributed by atoms with Gasteiger partial charge in [0.15, 0.2) is 5.78 Å². The van der Waals surface area contributed by atoms with Crippen molar-refractivity contribution in [3.8, 4) is 0 Å². The van der Waals surface area contributed by atoms with Gasteiger partial charge in [-0.15, -0.1) is 0 Å². The number of rotatable bonds is 4. The number of aryl methyl sites for hydroxylation is 1. The van der Waals surface area contributed by atoms with Crippen LogP contribution in [0.5, 0.6) is 0 Å². The third-order valence-electron chi connectivity index (χ3n) is 3.82. The van der Waals surface area contributed by atoms with Crippen molar-refractivity contribution in [2.24, 2.45) is 5.92 Å². The van der Waals surface area contributed by atoms with Crippen molar-refractivity contribution in [2.45, 2.75) is 33.1 Å². The van der Waals surface area contributed by atoms with Crippen LogP contribution in [0.25, 0.3) is 0 Å². The van der Waals surface area contributed by atoms with E-state index in [0.29, 0.717) is 17.0 Å². The Hall–Kier alpha value is -0.860. The second kappa shape index (κ2) is 6.53. The molecule has 0 N–H and O–H groups in total. The van der Waals surface area contributed by atoms with Crippen molar-refractivity contribution in [1.29, 1.82) is 0 Å². The van der Waals surface area contributed by atoms with Gasteiger partial charge >= 0.3 is 0 Å². The Morgan fingerprint density at radius 2 is 2.26 bits per heavy atom. The van der Waals surface area contributed by atoms with Gasteiger partial charge in [-0.25, -0.2) is 0 Å². The summed E-state index contributed by atoms with van der Waals surface area (Å²) in [5.41, 5.74) is 1.76. The number of halogens is 1. The summed E-state index contributed by atoms with van der Waals surface area (Å²) < 4.78 is 0. The van der Waals surface area contributed by atoms with Gasteiger partial charge < -0.3 is 4.90 Å². The maximum absolute atomic E-state index is 12.2. The highest BCUT2D eigenvalue weighted by Crippen LogP contribution is 2.20. The van der Waals surface area contributed by atoms with Crippen molar-refractivity contribution >= 4 is 17.4 Å². The molecule has 0 spiro atoms. The van der Waals surface area contributed by atoms with Crippen molar-refractivity contribution in [3.63, 3.8) is 0 Å². The monoisotopic (exact) mass is 279 g/mol. The highest BCUT2D eigenvalue weighted by Gasteiger charge is 2.18. The van der Waals surface area contributed by atoms with Gasteiger partial charge in [-0.3, -0.25) is 4.79 Å². The molecule has 104 valence electrons. The maximum atomic E-state index is 12.2. The molecule has 1 atom stereocenters. The van der Waals surface area contributed by atoms with Gasteiger partial charge in [-0.05, 0) is 44.4 Å². The normalized spacial score (nSPS) is 20.5. The van der Waals surface area contributed by atoms with Gasteiger partial charge in [-0.1, -0.05) is 30.2 Å². The lowest BCUT2D eigenvalue weighted by atomic mass is 9.99. The Balaban J connectivity index is 1.92. The van der Waals surface area contributed by atoms with Crippen LogP contribution in [0.4, 0.5) is 0 Å².